The molecule has 280 valence electrons. The van der Waals surface area contributed by atoms with Gasteiger partial charge >= 0.3 is 12.5 Å². The predicted molar refractivity (Wildman–Crippen MR) is 201 cm³/mol. The number of amides is 1. The van der Waals surface area contributed by atoms with Crippen molar-refractivity contribution in [2.24, 2.45) is 4.99 Å². The highest BCUT2D eigenvalue weighted by molar-refractivity contribution is 6.04. The van der Waals surface area contributed by atoms with Gasteiger partial charge in [-0.1, -0.05) is 63.1 Å². The maximum atomic E-state index is 12.6. The molecule has 2 rings (SSSR count). The molecule has 1 aromatic rings. The second-order valence-electron chi connectivity index (χ2n) is 13.5. The minimum atomic E-state index is -4.61. The average Bonchev–Trinajstić information content (AvgIpc) is 3.02. The van der Waals surface area contributed by atoms with E-state index in [1.807, 2.05) is 33.9 Å². The van der Waals surface area contributed by atoms with Gasteiger partial charge in [0.2, 0.25) is 0 Å². The Morgan fingerprint density at radius 3 is 2.12 bits per heavy atom. The smallest absolute Gasteiger partial charge is 0.444 e. The number of hydrogen-bond acceptors (Lipinski definition) is 6. The number of nitrogens with zero attached hydrogens (tertiary/aromatic N) is 4. The van der Waals surface area contributed by atoms with E-state index in [0.29, 0.717) is 13.1 Å². The summed E-state index contributed by atoms with van der Waals surface area (Å²) in [6, 6.07) is 6.06. The highest BCUT2D eigenvalue weighted by Crippen LogP contribution is 2.29. The Balaban J connectivity index is 0.000000740. The van der Waals surface area contributed by atoms with Gasteiger partial charge in [-0.15, -0.1) is 13.2 Å². The summed E-state index contributed by atoms with van der Waals surface area (Å²) in [6.45, 7) is 23.3. The highest BCUT2D eigenvalue weighted by Gasteiger charge is 2.31. The van der Waals surface area contributed by atoms with Crippen molar-refractivity contribution in [1.82, 2.24) is 14.7 Å². The lowest BCUT2D eigenvalue weighted by Gasteiger charge is -2.38. The number of aryl methyl sites for hydroxylation is 1. The predicted octanol–water partition coefficient (Wildman–Crippen LogP) is 10.5. The molecule has 1 aliphatic heterocycles. The number of carbonyl (C=O) groups is 1. The van der Waals surface area contributed by atoms with Gasteiger partial charge in [0.05, 0.1) is 0 Å². The van der Waals surface area contributed by atoms with Crippen LogP contribution in [0, 0.1) is 0 Å². The summed E-state index contributed by atoms with van der Waals surface area (Å²) in [6.07, 6.45) is 9.37. The Labute approximate surface area is 299 Å². The van der Waals surface area contributed by atoms with Crippen molar-refractivity contribution in [2.75, 3.05) is 40.3 Å². The standard InChI is InChI=1S/C30H50N4O2.C10H11F3O/c1-12-15-16-31-24(5)28(27(14-3)26(22-32(10)11)21-23(4)13-2)25(6)33-17-19-34(20-18-33)29(35)36-30(7,8)9;1-2-4-8-5-3-6-9(7-8)14-10(11,12)13/h14-16,21-22H,12-13,17-20H2,1-11H3;3,5-7H,2,4H2,1H3/b16-15+,23-21?,26-22+,27-14-,28-25-,31-24+;. The number of piperazine rings is 1. The van der Waals surface area contributed by atoms with E-state index in [9.17, 15) is 18.0 Å². The minimum absolute atomic E-state index is 0.150. The summed E-state index contributed by atoms with van der Waals surface area (Å²) in [5.74, 6) is -0.150. The van der Waals surface area contributed by atoms with Gasteiger partial charge in [-0.3, -0.25) is 4.99 Å². The number of benzene rings is 1. The molecule has 0 saturated carbocycles. The van der Waals surface area contributed by atoms with E-state index in [2.05, 4.69) is 94.6 Å². The molecule has 1 saturated heterocycles. The Hall–Kier alpha value is -3.95. The third kappa shape index (κ3) is 16.6. The number of alkyl halides is 3. The molecule has 0 bridgehead atoms. The molecular weight excluding hydrogens is 641 g/mol. The topological polar surface area (TPSA) is 57.6 Å². The zero-order valence-corrected chi connectivity index (χ0v) is 32.5. The van der Waals surface area contributed by atoms with Crippen LogP contribution in [0.2, 0.25) is 0 Å². The van der Waals surface area contributed by atoms with E-state index in [1.54, 1.807) is 17.0 Å². The van der Waals surface area contributed by atoms with Crippen molar-refractivity contribution in [3.05, 3.63) is 88.4 Å². The lowest BCUT2D eigenvalue weighted by Crippen LogP contribution is -2.49. The Morgan fingerprint density at radius 1 is 1.00 bits per heavy atom. The van der Waals surface area contributed by atoms with Crippen LogP contribution >= 0.6 is 0 Å². The van der Waals surface area contributed by atoms with Crippen LogP contribution in [0.1, 0.15) is 94.1 Å². The van der Waals surface area contributed by atoms with Gasteiger partial charge < -0.3 is 24.2 Å². The van der Waals surface area contributed by atoms with Crippen molar-refractivity contribution in [1.29, 1.82) is 0 Å². The summed E-state index contributed by atoms with van der Waals surface area (Å²) in [4.78, 5) is 23.6. The maximum Gasteiger partial charge on any atom is 0.573 e. The molecule has 0 unspecified atom stereocenters. The zero-order valence-electron chi connectivity index (χ0n) is 32.5. The van der Waals surface area contributed by atoms with Crippen LogP contribution in [0.5, 0.6) is 5.75 Å². The first kappa shape index (κ1) is 44.1. The molecular formula is C40H61F3N4O3. The van der Waals surface area contributed by atoms with Gasteiger partial charge in [0, 0.05) is 69.7 Å². The fourth-order valence-electron chi connectivity index (χ4n) is 5.17. The molecule has 1 fully saturated rings. The van der Waals surface area contributed by atoms with Crippen LogP contribution in [0.4, 0.5) is 18.0 Å². The molecule has 10 heteroatoms. The highest BCUT2D eigenvalue weighted by atomic mass is 19.4. The summed E-state index contributed by atoms with van der Waals surface area (Å²) >= 11 is 0. The Kier molecular flexibility index (Phi) is 18.8. The number of hydrogen-bond donors (Lipinski definition) is 0. The fourth-order valence-corrected chi connectivity index (χ4v) is 5.17. The molecule has 1 aromatic carbocycles. The fraction of sp³-hybridized carbons (Fsp3) is 0.550. The van der Waals surface area contributed by atoms with Gasteiger partial charge in [-0.05, 0) is 96.6 Å². The maximum absolute atomic E-state index is 12.6. The number of rotatable bonds is 12. The van der Waals surface area contributed by atoms with E-state index in [1.165, 1.54) is 23.4 Å². The van der Waals surface area contributed by atoms with Crippen LogP contribution < -0.4 is 4.74 Å². The van der Waals surface area contributed by atoms with E-state index in [-0.39, 0.29) is 11.8 Å². The van der Waals surface area contributed by atoms with Crippen LogP contribution in [0.15, 0.2) is 87.9 Å². The zero-order chi connectivity index (χ0) is 38.1. The lowest BCUT2D eigenvalue weighted by atomic mass is 9.91. The molecule has 1 aliphatic rings. The summed E-state index contributed by atoms with van der Waals surface area (Å²) < 4.78 is 44.9. The van der Waals surface area contributed by atoms with Gasteiger partial charge in [0.15, 0.2) is 0 Å². The number of halogens is 3. The van der Waals surface area contributed by atoms with E-state index >= 15 is 0 Å². The van der Waals surface area contributed by atoms with E-state index < -0.39 is 12.0 Å². The first-order valence-electron chi connectivity index (χ1n) is 17.6. The molecule has 0 N–H and O–H groups in total. The molecule has 0 radical (unpaired) electrons. The average molecular weight is 703 g/mol. The molecule has 1 heterocycles. The van der Waals surface area contributed by atoms with E-state index in [4.69, 9.17) is 9.73 Å². The van der Waals surface area contributed by atoms with Crippen LogP contribution in [0.3, 0.4) is 0 Å². The van der Waals surface area contributed by atoms with Gasteiger partial charge in [-0.25, -0.2) is 4.79 Å². The summed E-state index contributed by atoms with van der Waals surface area (Å²) in [5, 5.41) is 0. The molecule has 1 amide bonds. The van der Waals surface area contributed by atoms with Crippen molar-refractivity contribution in [3.8, 4) is 5.75 Å². The van der Waals surface area contributed by atoms with Gasteiger partial charge in [0.25, 0.3) is 0 Å². The quantitative estimate of drug-likeness (QED) is 0.160. The van der Waals surface area contributed by atoms with Gasteiger partial charge in [0.1, 0.15) is 11.4 Å². The van der Waals surface area contributed by atoms with Crippen molar-refractivity contribution in [2.45, 2.75) is 107 Å². The second-order valence-corrected chi connectivity index (χ2v) is 13.5. The Morgan fingerprint density at radius 2 is 1.62 bits per heavy atom. The summed E-state index contributed by atoms with van der Waals surface area (Å²) in [5.41, 5.74) is 7.30. The second kappa shape index (κ2) is 21.3. The first-order valence-corrected chi connectivity index (χ1v) is 17.6. The lowest BCUT2D eigenvalue weighted by molar-refractivity contribution is -0.274. The minimum Gasteiger partial charge on any atom is -0.444 e. The van der Waals surface area contributed by atoms with Crippen LogP contribution in [-0.2, 0) is 11.2 Å². The molecule has 7 nitrogen and oxygen atoms in total. The SMILES string of the molecule is C/C=C(C(/C=C(C)CC)=C/N(C)C)\C(C(\C)=N\C=C\CC)=C(\C)N1CCN(C(=O)OC(C)(C)C)CC1.CCCc1cccc(OC(F)(F)F)c1. The van der Waals surface area contributed by atoms with Crippen molar-refractivity contribution in [3.63, 3.8) is 0 Å². The third-order valence-electron chi connectivity index (χ3n) is 7.64. The Bertz CT molecular complexity index is 1410. The normalized spacial score (nSPS) is 15.8. The van der Waals surface area contributed by atoms with Crippen molar-refractivity contribution >= 4 is 11.8 Å². The van der Waals surface area contributed by atoms with E-state index in [0.717, 1.165) is 66.8 Å². The number of aliphatic imine (C=N–C) groups is 1. The first-order chi connectivity index (χ1) is 23.3. The molecule has 0 spiro atoms. The van der Waals surface area contributed by atoms with Crippen LogP contribution in [0.25, 0.3) is 0 Å². The van der Waals surface area contributed by atoms with Crippen LogP contribution in [-0.4, -0.2) is 78.7 Å². The largest absolute Gasteiger partial charge is 0.573 e. The monoisotopic (exact) mass is 702 g/mol. The number of ether oxygens (including phenoxy) is 2. The molecule has 0 atom stereocenters. The molecule has 0 aliphatic carbocycles. The van der Waals surface area contributed by atoms with Gasteiger partial charge in [-0.2, -0.15) is 0 Å². The number of carbonyl (C=O) groups excluding carboxylic acids is 1. The number of allylic oxidation sites excluding steroid dienone is 8. The molecule has 0 aromatic heterocycles. The third-order valence-corrected chi connectivity index (χ3v) is 7.64. The summed E-state index contributed by atoms with van der Waals surface area (Å²) in [7, 11) is 4.11. The van der Waals surface area contributed by atoms with Crippen molar-refractivity contribution < 1.29 is 27.4 Å². The molecule has 50 heavy (non-hydrogen) atoms.